The highest BCUT2D eigenvalue weighted by molar-refractivity contribution is 6.30. The van der Waals surface area contributed by atoms with Crippen LogP contribution in [0.25, 0.3) is 10.8 Å². The Balaban J connectivity index is 0.00000210. The molecular formula is C22H25Cl3N2O2-2. The quantitative estimate of drug-likeness (QED) is 0.303. The highest BCUT2D eigenvalue weighted by atomic mass is 35.5. The summed E-state index contributed by atoms with van der Waals surface area (Å²) in [5, 5.41) is 18.6. The summed E-state index contributed by atoms with van der Waals surface area (Å²) >= 11 is 5.95. The smallest absolute Gasteiger partial charge is 0.124 e. The molecule has 29 heavy (non-hydrogen) atoms. The predicted molar refractivity (Wildman–Crippen MR) is 111 cm³/mol. The average molecular weight is 456 g/mol. The standard InChI is InChI=1S/C22H25ClN2O2.2ClH/c23-19-8-5-17(6-9-19)16-27-22-10-7-18-3-1-2-4-20(18)21(22)15-25-12-11-24-13-14-26;;/h1-10,24-26H,11-16H2;2*1H/p-2. The van der Waals surface area contributed by atoms with Crippen molar-refractivity contribution in [1.82, 2.24) is 10.6 Å². The van der Waals surface area contributed by atoms with Gasteiger partial charge in [0.05, 0.1) is 6.61 Å². The molecule has 0 saturated carbocycles. The lowest BCUT2D eigenvalue weighted by Crippen LogP contribution is -3.00. The maximum Gasteiger partial charge on any atom is 0.124 e. The van der Waals surface area contributed by atoms with Gasteiger partial charge in [-0.3, -0.25) is 0 Å². The minimum absolute atomic E-state index is 0. The molecule has 0 aliphatic heterocycles. The van der Waals surface area contributed by atoms with E-state index in [2.05, 4.69) is 34.9 Å². The largest absolute Gasteiger partial charge is 1.00 e. The topological polar surface area (TPSA) is 53.5 Å². The number of ether oxygens (including phenoxy) is 1. The van der Waals surface area contributed by atoms with Gasteiger partial charge >= 0.3 is 0 Å². The van der Waals surface area contributed by atoms with Crippen molar-refractivity contribution in [2.45, 2.75) is 13.2 Å². The van der Waals surface area contributed by atoms with Crippen LogP contribution in [0.15, 0.2) is 60.7 Å². The van der Waals surface area contributed by atoms with Crippen LogP contribution in [0.2, 0.25) is 5.02 Å². The van der Waals surface area contributed by atoms with E-state index >= 15 is 0 Å². The van der Waals surface area contributed by atoms with Crippen LogP contribution in [-0.2, 0) is 13.2 Å². The third kappa shape index (κ3) is 7.67. The zero-order chi connectivity index (χ0) is 18.9. The first-order valence-electron chi connectivity index (χ1n) is 9.18. The first-order valence-corrected chi connectivity index (χ1v) is 9.56. The molecule has 3 aromatic rings. The van der Waals surface area contributed by atoms with Gasteiger partial charge in [-0.15, -0.1) is 0 Å². The average Bonchev–Trinajstić information content (AvgIpc) is 2.70. The Bertz CT molecular complexity index is 860. The number of hydrogen-bond acceptors (Lipinski definition) is 4. The Labute approximate surface area is 189 Å². The van der Waals surface area contributed by atoms with Gasteiger partial charge in [0.2, 0.25) is 0 Å². The van der Waals surface area contributed by atoms with Crippen LogP contribution in [0, 0.1) is 0 Å². The van der Waals surface area contributed by atoms with E-state index in [1.54, 1.807) is 0 Å². The minimum Gasteiger partial charge on any atom is -1.00 e. The molecule has 0 bridgehead atoms. The summed E-state index contributed by atoms with van der Waals surface area (Å²) in [5.74, 6) is 0.888. The van der Waals surface area contributed by atoms with Crippen molar-refractivity contribution in [2.24, 2.45) is 0 Å². The van der Waals surface area contributed by atoms with Crippen LogP contribution in [-0.4, -0.2) is 31.3 Å². The zero-order valence-electron chi connectivity index (χ0n) is 16.0. The van der Waals surface area contributed by atoms with Crippen LogP contribution in [0.5, 0.6) is 5.75 Å². The fourth-order valence-corrected chi connectivity index (χ4v) is 3.10. The van der Waals surface area contributed by atoms with E-state index in [4.69, 9.17) is 21.4 Å². The molecule has 0 amide bonds. The van der Waals surface area contributed by atoms with Gasteiger partial charge in [-0.1, -0.05) is 54.1 Å². The maximum atomic E-state index is 8.82. The van der Waals surface area contributed by atoms with Crippen molar-refractivity contribution in [1.29, 1.82) is 0 Å². The maximum absolute atomic E-state index is 8.82. The van der Waals surface area contributed by atoms with E-state index in [9.17, 15) is 0 Å². The van der Waals surface area contributed by atoms with Crippen LogP contribution in [0.1, 0.15) is 11.1 Å². The summed E-state index contributed by atoms with van der Waals surface area (Å²) in [6.45, 7) is 3.63. The minimum atomic E-state index is 0. The second-order valence-electron chi connectivity index (χ2n) is 6.33. The van der Waals surface area contributed by atoms with E-state index in [-0.39, 0.29) is 31.4 Å². The molecule has 0 fully saturated rings. The van der Waals surface area contributed by atoms with Crippen molar-refractivity contribution < 1.29 is 34.7 Å². The molecule has 158 valence electrons. The molecule has 0 unspecified atom stereocenters. The Hall–Kier alpha value is -1.53. The number of halogens is 3. The summed E-state index contributed by atoms with van der Waals surface area (Å²) in [6.07, 6.45) is 0. The van der Waals surface area contributed by atoms with Gasteiger partial charge in [-0.25, -0.2) is 0 Å². The molecule has 0 aliphatic carbocycles. The fourth-order valence-electron chi connectivity index (χ4n) is 2.97. The SMILES string of the molecule is OCCNCCNCc1c(OCc2ccc(Cl)cc2)ccc2ccccc12.[Cl-].[Cl-]. The number of aliphatic hydroxyl groups is 1. The molecule has 3 aromatic carbocycles. The van der Waals surface area contributed by atoms with Crippen LogP contribution >= 0.6 is 11.6 Å². The first-order chi connectivity index (χ1) is 13.3. The highest BCUT2D eigenvalue weighted by Gasteiger charge is 2.09. The van der Waals surface area contributed by atoms with Crippen molar-refractivity contribution >= 4 is 22.4 Å². The van der Waals surface area contributed by atoms with Gasteiger partial charge in [0, 0.05) is 36.8 Å². The van der Waals surface area contributed by atoms with Gasteiger partial charge in [-0.2, -0.15) is 0 Å². The van der Waals surface area contributed by atoms with Crippen molar-refractivity contribution in [2.75, 3.05) is 26.2 Å². The molecule has 4 nitrogen and oxygen atoms in total. The molecule has 3 rings (SSSR count). The summed E-state index contributed by atoms with van der Waals surface area (Å²) in [7, 11) is 0. The lowest BCUT2D eigenvalue weighted by atomic mass is 10.0. The van der Waals surface area contributed by atoms with Gasteiger partial charge in [-0.05, 0) is 34.5 Å². The number of rotatable bonds is 10. The second-order valence-corrected chi connectivity index (χ2v) is 6.77. The van der Waals surface area contributed by atoms with E-state index in [1.165, 1.54) is 10.8 Å². The van der Waals surface area contributed by atoms with Crippen LogP contribution < -0.4 is 40.2 Å². The van der Waals surface area contributed by atoms with Crippen molar-refractivity contribution in [3.63, 3.8) is 0 Å². The Morgan fingerprint density at radius 3 is 2.31 bits per heavy atom. The molecule has 0 atom stereocenters. The fraction of sp³-hybridized carbons (Fsp3) is 0.273. The molecule has 0 saturated heterocycles. The molecule has 0 radical (unpaired) electrons. The molecule has 0 aliphatic rings. The second kappa shape index (κ2) is 13.6. The van der Waals surface area contributed by atoms with Gasteiger partial charge in [0.1, 0.15) is 12.4 Å². The lowest BCUT2D eigenvalue weighted by molar-refractivity contribution is -0.001000. The normalized spacial score (nSPS) is 10.3. The summed E-state index contributed by atoms with van der Waals surface area (Å²) in [6, 6.07) is 20.2. The third-order valence-corrected chi connectivity index (χ3v) is 4.63. The monoisotopic (exact) mass is 454 g/mol. The summed E-state index contributed by atoms with van der Waals surface area (Å²) in [4.78, 5) is 0. The molecule has 0 aromatic heterocycles. The summed E-state index contributed by atoms with van der Waals surface area (Å²) < 4.78 is 6.14. The first kappa shape index (κ1) is 25.5. The van der Waals surface area contributed by atoms with Crippen molar-refractivity contribution in [3.8, 4) is 5.75 Å². The predicted octanol–water partition coefficient (Wildman–Crippen LogP) is -2.25. The number of hydrogen-bond donors (Lipinski definition) is 3. The third-order valence-electron chi connectivity index (χ3n) is 4.37. The molecule has 0 spiro atoms. The molecule has 7 heteroatoms. The molecule has 3 N–H and O–H groups in total. The molecular weight excluding hydrogens is 431 g/mol. The number of aliphatic hydroxyl groups excluding tert-OH is 1. The van der Waals surface area contributed by atoms with E-state index in [0.717, 1.165) is 41.5 Å². The lowest BCUT2D eigenvalue weighted by Gasteiger charge is -2.15. The Kier molecular flexibility index (Phi) is 12.0. The van der Waals surface area contributed by atoms with E-state index in [1.807, 2.05) is 36.4 Å². The number of benzene rings is 3. The van der Waals surface area contributed by atoms with E-state index < -0.39 is 0 Å². The summed E-state index contributed by atoms with van der Waals surface area (Å²) in [5.41, 5.74) is 2.24. The number of nitrogens with one attached hydrogen (secondary N) is 2. The van der Waals surface area contributed by atoms with Gasteiger partial charge in [0.25, 0.3) is 0 Å². The zero-order valence-corrected chi connectivity index (χ0v) is 18.3. The van der Waals surface area contributed by atoms with Crippen LogP contribution in [0.4, 0.5) is 0 Å². The van der Waals surface area contributed by atoms with Crippen LogP contribution in [0.3, 0.4) is 0 Å². The van der Waals surface area contributed by atoms with Crippen molar-refractivity contribution in [3.05, 3.63) is 76.8 Å². The Morgan fingerprint density at radius 1 is 0.828 bits per heavy atom. The molecule has 0 heterocycles. The van der Waals surface area contributed by atoms with Gasteiger partial charge in [0.15, 0.2) is 0 Å². The highest BCUT2D eigenvalue weighted by Crippen LogP contribution is 2.28. The Morgan fingerprint density at radius 2 is 1.55 bits per heavy atom. The van der Waals surface area contributed by atoms with E-state index in [0.29, 0.717) is 13.2 Å². The number of fused-ring (bicyclic) bond motifs is 1. The van der Waals surface area contributed by atoms with Gasteiger partial charge < -0.3 is 45.3 Å².